The van der Waals surface area contributed by atoms with Crippen molar-refractivity contribution in [2.75, 3.05) is 0 Å². The summed E-state index contributed by atoms with van der Waals surface area (Å²) in [7, 11) is -3.98. The van der Waals surface area contributed by atoms with E-state index in [1.54, 1.807) is 12.1 Å². The van der Waals surface area contributed by atoms with Crippen LogP contribution in [0.1, 0.15) is 22.9 Å². The van der Waals surface area contributed by atoms with Gasteiger partial charge in [-0.1, -0.05) is 42.5 Å². The van der Waals surface area contributed by atoms with Crippen molar-refractivity contribution in [3.8, 4) is 11.3 Å². The van der Waals surface area contributed by atoms with Crippen molar-refractivity contribution in [3.05, 3.63) is 70.5 Å². The maximum Gasteiger partial charge on any atom is 0.325 e. The third kappa shape index (κ3) is 3.34. The van der Waals surface area contributed by atoms with Gasteiger partial charge >= 0.3 is 5.97 Å². The molecular weight excluding hydrogens is 396 g/mol. The lowest BCUT2D eigenvalue weighted by molar-refractivity contribution is -0.140. The quantitative estimate of drug-likeness (QED) is 0.644. The molecule has 1 heterocycles. The lowest BCUT2D eigenvalue weighted by atomic mass is 10.1. The number of aromatic nitrogens is 1. The second kappa shape index (κ2) is 6.80. The number of aryl methyl sites for hydroxylation is 1. The number of carboxylic acids is 1. The molecule has 8 heteroatoms. The third-order valence-electron chi connectivity index (χ3n) is 4.94. The normalized spacial score (nSPS) is 21.4. The molecule has 2 unspecified atom stereocenters. The molecule has 0 saturated heterocycles. The van der Waals surface area contributed by atoms with Crippen molar-refractivity contribution in [2.24, 2.45) is 0 Å². The second-order valence-electron chi connectivity index (χ2n) is 6.83. The van der Waals surface area contributed by atoms with Gasteiger partial charge in [-0.3, -0.25) is 4.79 Å². The highest BCUT2D eigenvalue weighted by atomic mass is 32.2. The van der Waals surface area contributed by atoms with Gasteiger partial charge in [-0.15, -0.1) is 11.3 Å². The third-order valence-corrected chi connectivity index (χ3v) is 7.24. The van der Waals surface area contributed by atoms with Gasteiger partial charge in [-0.2, -0.15) is 4.72 Å². The van der Waals surface area contributed by atoms with E-state index in [0.29, 0.717) is 0 Å². The molecule has 4 rings (SSSR count). The van der Waals surface area contributed by atoms with Gasteiger partial charge in [0.15, 0.2) is 0 Å². The molecule has 1 aromatic heterocycles. The number of aliphatic carboxylic acids is 1. The fraction of sp³-hybridized carbons (Fsp3) is 0.200. The van der Waals surface area contributed by atoms with E-state index in [2.05, 4.69) is 9.71 Å². The molecule has 1 saturated carbocycles. The molecule has 0 amide bonds. The lowest BCUT2D eigenvalue weighted by Crippen LogP contribution is -2.44. The van der Waals surface area contributed by atoms with Gasteiger partial charge in [0.2, 0.25) is 10.0 Å². The standard InChI is InChI=1S/C20H18N2O4S2/c1-13-21-18(12-27-13)15-7-9-16(10-8-15)28(25,26)22-20(19(23)24)11-17(20)14-5-3-2-4-6-14/h2-10,12,17,22H,11H2,1H3,(H,23,24). The Kier molecular flexibility index (Phi) is 4.57. The number of hydrogen-bond donors (Lipinski definition) is 2. The first-order valence-electron chi connectivity index (χ1n) is 8.67. The maximum atomic E-state index is 12.8. The molecule has 0 aliphatic heterocycles. The predicted octanol–water partition coefficient (Wildman–Crippen LogP) is 3.41. The summed E-state index contributed by atoms with van der Waals surface area (Å²) in [6, 6.07) is 15.4. The highest BCUT2D eigenvalue weighted by molar-refractivity contribution is 7.89. The molecule has 0 spiro atoms. The number of nitrogens with zero attached hydrogens (tertiary/aromatic N) is 1. The average Bonchev–Trinajstić information content (AvgIpc) is 3.24. The summed E-state index contributed by atoms with van der Waals surface area (Å²) < 4.78 is 28.1. The van der Waals surface area contributed by atoms with Crippen molar-refractivity contribution in [3.63, 3.8) is 0 Å². The summed E-state index contributed by atoms with van der Waals surface area (Å²) in [5.74, 6) is -1.56. The Hall–Kier alpha value is -2.55. The van der Waals surface area contributed by atoms with Gasteiger partial charge in [0.25, 0.3) is 0 Å². The smallest absolute Gasteiger partial charge is 0.325 e. The van der Waals surface area contributed by atoms with Gasteiger partial charge in [0, 0.05) is 16.9 Å². The zero-order chi connectivity index (χ0) is 19.9. The van der Waals surface area contributed by atoms with Gasteiger partial charge in [-0.05, 0) is 31.0 Å². The molecule has 1 aliphatic carbocycles. The number of hydrogen-bond acceptors (Lipinski definition) is 5. The number of thiazole rings is 1. The van der Waals surface area contributed by atoms with E-state index >= 15 is 0 Å². The highest BCUT2D eigenvalue weighted by Gasteiger charge is 2.63. The van der Waals surface area contributed by atoms with Crippen LogP contribution in [0.15, 0.2) is 64.9 Å². The molecule has 144 valence electrons. The number of sulfonamides is 1. The molecular formula is C20H18N2O4S2. The summed E-state index contributed by atoms with van der Waals surface area (Å²) in [5.41, 5.74) is 0.893. The molecule has 6 nitrogen and oxygen atoms in total. The molecule has 28 heavy (non-hydrogen) atoms. The van der Waals surface area contributed by atoms with E-state index in [4.69, 9.17) is 0 Å². The molecule has 0 bridgehead atoms. The van der Waals surface area contributed by atoms with Crippen LogP contribution < -0.4 is 4.72 Å². The van der Waals surface area contributed by atoms with Crippen LogP contribution in [-0.4, -0.2) is 30.0 Å². The molecule has 3 aromatic rings. The Morgan fingerprint density at radius 3 is 2.43 bits per heavy atom. The Bertz CT molecular complexity index is 1120. The summed E-state index contributed by atoms with van der Waals surface area (Å²) in [4.78, 5) is 16.3. The Morgan fingerprint density at radius 1 is 1.18 bits per heavy atom. The molecule has 1 aliphatic rings. The molecule has 2 atom stereocenters. The Labute approximate surface area is 166 Å². The van der Waals surface area contributed by atoms with Crippen LogP contribution in [0.2, 0.25) is 0 Å². The Morgan fingerprint density at radius 2 is 1.86 bits per heavy atom. The van der Waals surface area contributed by atoms with Gasteiger partial charge in [0.05, 0.1) is 15.6 Å². The fourth-order valence-electron chi connectivity index (χ4n) is 3.34. The van der Waals surface area contributed by atoms with Crippen LogP contribution in [0.25, 0.3) is 11.3 Å². The van der Waals surface area contributed by atoms with Gasteiger partial charge in [-0.25, -0.2) is 13.4 Å². The summed E-state index contributed by atoms with van der Waals surface area (Å²) >= 11 is 1.52. The molecule has 2 N–H and O–H groups in total. The monoisotopic (exact) mass is 414 g/mol. The maximum absolute atomic E-state index is 12.8. The van der Waals surface area contributed by atoms with Gasteiger partial charge < -0.3 is 5.11 Å². The van der Waals surface area contributed by atoms with Crippen molar-refractivity contribution in [1.29, 1.82) is 0 Å². The zero-order valence-electron chi connectivity index (χ0n) is 15.0. The first-order valence-corrected chi connectivity index (χ1v) is 11.0. The van der Waals surface area contributed by atoms with E-state index in [-0.39, 0.29) is 11.3 Å². The van der Waals surface area contributed by atoms with E-state index < -0.39 is 27.4 Å². The predicted molar refractivity (Wildman–Crippen MR) is 107 cm³/mol. The van der Waals surface area contributed by atoms with E-state index in [0.717, 1.165) is 21.8 Å². The lowest BCUT2D eigenvalue weighted by Gasteiger charge is -2.15. The highest BCUT2D eigenvalue weighted by Crippen LogP contribution is 2.52. The largest absolute Gasteiger partial charge is 0.480 e. The van der Waals surface area contributed by atoms with Crippen LogP contribution in [-0.2, 0) is 14.8 Å². The number of carbonyl (C=O) groups is 1. The number of benzene rings is 2. The first-order chi connectivity index (χ1) is 13.3. The summed E-state index contributed by atoms with van der Waals surface area (Å²) in [6.07, 6.45) is 0.224. The van der Waals surface area contributed by atoms with Crippen LogP contribution in [0.3, 0.4) is 0 Å². The van der Waals surface area contributed by atoms with Crippen LogP contribution in [0.4, 0.5) is 0 Å². The van der Waals surface area contributed by atoms with Crippen LogP contribution in [0.5, 0.6) is 0 Å². The minimum atomic E-state index is -3.98. The van der Waals surface area contributed by atoms with E-state index in [9.17, 15) is 18.3 Å². The molecule has 0 radical (unpaired) electrons. The van der Waals surface area contributed by atoms with E-state index in [1.165, 1.54) is 23.5 Å². The number of nitrogens with one attached hydrogen (secondary N) is 1. The zero-order valence-corrected chi connectivity index (χ0v) is 16.6. The van der Waals surface area contributed by atoms with E-state index in [1.807, 2.05) is 42.6 Å². The first kappa shape index (κ1) is 18.8. The summed E-state index contributed by atoms with van der Waals surface area (Å²) in [5, 5.41) is 12.5. The van der Waals surface area contributed by atoms with Crippen molar-refractivity contribution in [2.45, 2.75) is 29.7 Å². The SMILES string of the molecule is Cc1nc(-c2ccc(S(=O)(=O)NC3(C(=O)O)CC3c3ccccc3)cc2)cs1. The van der Waals surface area contributed by atoms with Crippen molar-refractivity contribution in [1.82, 2.24) is 9.71 Å². The topological polar surface area (TPSA) is 96.4 Å². The van der Waals surface area contributed by atoms with Crippen molar-refractivity contribution < 1.29 is 18.3 Å². The number of rotatable bonds is 6. The minimum absolute atomic E-state index is 0.0301. The van der Waals surface area contributed by atoms with Gasteiger partial charge in [0.1, 0.15) is 5.54 Å². The Balaban J connectivity index is 1.59. The van der Waals surface area contributed by atoms with Crippen LogP contribution in [0, 0.1) is 6.92 Å². The molecule has 1 fully saturated rings. The van der Waals surface area contributed by atoms with Crippen molar-refractivity contribution >= 4 is 27.3 Å². The van der Waals surface area contributed by atoms with Crippen LogP contribution >= 0.6 is 11.3 Å². The summed E-state index contributed by atoms with van der Waals surface area (Å²) in [6.45, 7) is 1.90. The fourth-order valence-corrected chi connectivity index (χ4v) is 5.37. The molecule has 2 aromatic carbocycles. The average molecular weight is 415 g/mol. The minimum Gasteiger partial charge on any atom is -0.480 e. The second-order valence-corrected chi connectivity index (χ2v) is 9.57. The number of carboxylic acid groups (broad SMARTS) is 1.